The van der Waals surface area contributed by atoms with Gasteiger partial charge in [-0.2, -0.15) is 0 Å². The fourth-order valence-corrected chi connectivity index (χ4v) is 4.46. The third-order valence-corrected chi connectivity index (χ3v) is 6.01. The molecule has 0 saturated heterocycles. The minimum atomic E-state index is -0.134. The number of ether oxygens (including phenoxy) is 1. The maximum Gasteiger partial charge on any atom is 0.256 e. The molecule has 0 saturated carbocycles. The Kier molecular flexibility index (Phi) is 6.97. The van der Waals surface area contributed by atoms with Crippen LogP contribution in [0.5, 0.6) is 0 Å². The Labute approximate surface area is 183 Å². The smallest absolute Gasteiger partial charge is 0.256 e. The molecular weight excluding hydrogens is 416 g/mol. The summed E-state index contributed by atoms with van der Waals surface area (Å²) in [5, 5.41) is 5.02. The molecule has 5 nitrogen and oxygen atoms in total. The van der Waals surface area contributed by atoms with Gasteiger partial charge in [-0.1, -0.05) is 24.3 Å². The highest BCUT2D eigenvalue weighted by molar-refractivity contribution is 7.98. The average molecular weight is 437 g/mol. The number of rotatable bonds is 9. The number of hydrogen-bond donors (Lipinski definition) is 1. The van der Waals surface area contributed by atoms with Gasteiger partial charge in [0, 0.05) is 21.7 Å². The maximum absolute atomic E-state index is 12.9. The molecule has 0 unspecified atom stereocenters. The highest BCUT2D eigenvalue weighted by atomic mass is 32.2. The van der Waals surface area contributed by atoms with Gasteiger partial charge in [0.2, 0.25) is 0 Å². The van der Waals surface area contributed by atoms with Gasteiger partial charge in [0.15, 0.2) is 0 Å². The Morgan fingerprint density at radius 3 is 2.87 bits per heavy atom. The van der Waals surface area contributed by atoms with E-state index in [0.29, 0.717) is 18.8 Å². The molecule has 0 spiro atoms. The lowest BCUT2D eigenvalue weighted by atomic mass is 10.2. The number of thiazole rings is 1. The van der Waals surface area contributed by atoms with Crippen molar-refractivity contribution < 1.29 is 13.9 Å². The molecule has 0 radical (unpaired) electrons. The molecule has 4 rings (SSSR count). The maximum atomic E-state index is 12.9. The Balaban J connectivity index is 1.37. The molecule has 7 heteroatoms. The molecule has 2 aromatic heterocycles. The summed E-state index contributed by atoms with van der Waals surface area (Å²) < 4.78 is 10.9. The first-order chi connectivity index (χ1) is 14.8. The lowest BCUT2D eigenvalue weighted by molar-refractivity contribution is 0.0929. The summed E-state index contributed by atoms with van der Waals surface area (Å²) in [4.78, 5) is 18.1. The summed E-state index contributed by atoms with van der Waals surface area (Å²) in [5.41, 5.74) is 5.20. The van der Waals surface area contributed by atoms with Crippen LogP contribution in [0.15, 0.2) is 87.1 Å². The van der Waals surface area contributed by atoms with Crippen LogP contribution in [0.4, 0.5) is 5.69 Å². The second kappa shape index (κ2) is 10.2. The third-order valence-electron chi connectivity index (χ3n) is 4.27. The van der Waals surface area contributed by atoms with E-state index in [9.17, 15) is 4.79 Å². The molecule has 1 amide bonds. The van der Waals surface area contributed by atoms with E-state index in [0.717, 1.165) is 33.4 Å². The molecule has 2 aromatic carbocycles. The second-order valence-electron chi connectivity index (χ2n) is 6.49. The lowest BCUT2D eigenvalue weighted by Crippen LogP contribution is -2.13. The number of amides is 1. The van der Waals surface area contributed by atoms with E-state index in [-0.39, 0.29) is 5.91 Å². The van der Waals surface area contributed by atoms with Crippen LogP contribution < -0.4 is 5.32 Å². The van der Waals surface area contributed by atoms with Crippen molar-refractivity contribution in [3.05, 3.63) is 100 Å². The SMILES string of the molecule is O=C(Nc1cccc(COCc2ccco2)c1)c1ccccc1SCc1cscn1. The number of hydrogen-bond acceptors (Lipinski definition) is 6. The van der Waals surface area contributed by atoms with Crippen LogP contribution >= 0.6 is 23.1 Å². The highest BCUT2D eigenvalue weighted by Crippen LogP contribution is 2.27. The Morgan fingerprint density at radius 1 is 1.10 bits per heavy atom. The van der Waals surface area contributed by atoms with E-state index in [2.05, 4.69) is 10.3 Å². The largest absolute Gasteiger partial charge is 0.467 e. The van der Waals surface area contributed by atoms with Gasteiger partial charge in [-0.05, 0) is 42.0 Å². The molecule has 1 N–H and O–H groups in total. The molecule has 0 aliphatic rings. The number of carbonyl (C=O) groups excluding carboxylic acids is 1. The molecule has 152 valence electrons. The van der Waals surface area contributed by atoms with Crippen LogP contribution in [0.25, 0.3) is 0 Å². The molecule has 0 bridgehead atoms. The first-order valence-corrected chi connectivity index (χ1v) is 11.3. The molecule has 4 aromatic rings. The number of nitrogens with one attached hydrogen (secondary N) is 1. The number of benzene rings is 2. The zero-order valence-electron chi connectivity index (χ0n) is 16.1. The number of aromatic nitrogens is 1. The number of carbonyl (C=O) groups is 1. The Morgan fingerprint density at radius 2 is 2.03 bits per heavy atom. The van der Waals surface area contributed by atoms with Crippen molar-refractivity contribution in [1.29, 1.82) is 0 Å². The predicted octanol–water partition coefficient (Wildman–Crippen LogP) is 6.00. The van der Waals surface area contributed by atoms with Crippen molar-refractivity contribution in [2.75, 3.05) is 5.32 Å². The lowest BCUT2D eigenvalue weighted by Gasteiger charge is -2.11. The van der Waals surface area contributed by atoms with Gasteiger partial charge in [0.25, 0.3) is 5.91 Å². The molecule has 0 atom stereocenters. The van der Waals surface area contributed by atoms with E-state index >= 15 is 0 Å². The predicted molar refractivity (Wildman–Crippen MR) is 120 cm³/mol. The molecule has 0 aliphatic heterocycles. The third kappa shape index (κ3) is 5.60. The van der Waals surface area contributed by atoms with Crippen LogP contribution in [-0.2, 0) is 23.7 Å². The zero-order valence-corrected chi connectivity index (χ0v) is 17.7. The van der Waals surface area contributed by atoms with Crippen molar-refractivity contribution >= 4 is 34.7 Å². The summed E-state index contributed by atoms with van der Waals surface area (Å²) in [5.74, 6) is 1.38. The van der Waals surface area contributed by atoms with Crippen LogP contribution in [0, 0.1) is 0 Å². The van der Waals surface area contributed by atoms with Crippen LogP contribution in [-0.4, -0.2) is 10.9 Å². The van der Waals surface area contributed by atoms with Crippen molar-refractivity contribution in [2.24, 2.45) is 0 Å². The minimum absolute atomic E-state index is 0.134. The average Bonchev–Trinajstić information content (AvgIpc) is 3.47. The monoisotopic (exact) mass is 436 g/mol. The van der Waals surface area contributed by atoms with Gasteiger partial charge >= 0.3 is 0 Å². The Bertz CT molecular complexity index is 1080. The van der Waals surface area contributed by atoms with E-state index in [1.54, 1.807) is 29.4 Å². The zero-order chi connectivity index (χ0) is 20.6. The molecule has 30 heavy (non-hydrogen) atoms. The first-order valence-electron chi connectivity index (χ1n) is 9.37. The van der Waals surface area contributed by atoms with Crippen molar-refractivity contribution in [3.8, 4) is 0 Å². The number of nitrogens with zero attached hydrogens (tertiary/aromatic N) is 1. The topological polar surface area (TPSA) is 64.4 Å². The minimum Gasteiger partial charge on any atom is -0.467 e. The first kappa shape index (κ1) is 20.4. The van der Waals surface area contributed by atoms with Gasteiger partial charge in [-0.15, -0.1) is 23.1 Å². The van der Waals surface area contributed by atoms with Gasteiger partial charge in [-0.25, -0.2) is 4.98 Å². The standard InChI is InChI=1S/C23H20N2O3S2/c26-23(21-8-1-2-9-22(21)30-15-19-14-29-16-24-19)25-18-6-3-5-17(11-18)12-27-13-20-7-4-10-28-20/h1-11,14,16H,12-13,15H2,(H,25,26). The molecule has 0 fully saturated rings. The summed E-state index contributed by atoms with van der Waals surface area (Å²) >= 11 is 3.18. The molecule has 0 aliphatic carbocycles. The molecular formula is C23H20N2O3S2. The van der Waals surface area contributed by atoms with Crippen LogP contribution in [0.2, 0.25) is 0 Å². The van der Waals surface area contributed by atoms with Crippen molar-refractivity contribution in [1.82, 2.24) is 4.98 Å². The summed E-state index contributed by atoms with van der Waals surface area (Å²) in [7, 11) is 0. The summed E-state index contributed by atoms with van der Waals surface area (Å²) in [6.45, 7) is 0.845. The quantitative estimate of drug-likeness (QED) is 0.326. The van der Waals surface area contributed by atoms with E-state index in [4.69, 9.17) is 9.15 Å². The van der Waals surface area contributed by atoms with Crippen LogP contribution in [0.1, 0.15) is 27.4 Å². The number of furan rings is 1. The number of thioether (sulfide) groups is 1. The van der Waals surface area contributed by atoms with Gasteiger partial charge in [0.05, 0.1) is 29.6 Å². The Hall–Kier alpha value is -2.87. The fourth-order valence-electron chi connectivity index (χ4n) is 2.84. The fraction of sp³-hybridized carbons (Fsp3) is 0.130. The van der Waals surface area contributed by atoms with Gasteiger partial charge in [-0.3, -0.25) is 4.79 Å². The van der Waals surface area contributed by atoms with E-state index < -0.39 is 0 Å². The van der Waals surface area contributed by atoms with Crippen molar-refractivity contribution in [2.45, 2.75) is 23.9 Å². The van der Waals surface area contributed by atoms with Crippen LogP contribution in [0.3, 0.4) is 0 Å². The van der Waals surface area contributed by atoms with Gasteiger partial charge < -0.3 is 14.5 Å². The van der Waals surface area contributed by atoms with E-state index in [1.807, 2.05) is 71.6 Å². The summed E-state index contributed by atoms with van der Waals surface area (Å²) in [6.07, 6.45) is 1.63. The summed E-state index contributed by atoms with van der Waals surface area (Å²) in [6, 6.07) is 19.0. The number of anilines is 1. The molecule has 2 heterocycles. The van der Waals surface area contributed by atoms with Crippen molar-refractivity contribution in [3.63, 3.8) is 0 Å². The van der Waals surface area contributed by atoms with Gasteiger partial charge in [0.1, 0.15) is 12.4 Å². The second-order valence-corrected chi connectivity index (χ2v) is 8.23. The van der Waals surface area contributed by atoms with E-state index in [1.165, 1.54) is 0 Å². The highest BCUT2D eigenvalue weighted by Gasteiger charge is 2.12. The normalized spacial score (nSPS) is 10.8.